The topological polar surface area (TPSA) is 47.6 Å². The van der Waals surface area contributed by atoms with E-state index in [9.17, 15) is 18.0 Å². The molecule has 2 aromatic rings. The molecule has 3 atom stereocenters. The average Bonchev–Trinajstić information content (AvgIpc) is 2.72. The van der Waals surface area contributed by atoms with Gasteiger partial charge in [-0.25, -0.2) is 4.79 Å². The van der Waals surface area contributed by atoms with Crippen LogP contribution in [0.2, 0.25) is 5.02 Å². The monoisotopic (exact) mass is 439 g/mol. The van der Waals surface area contributed by atoms with E-state index in [4.69, 9.17) is 21.1 Å². The largest absolute Gasteiger partial charge is 0.462 e. The molecule has 0 unspecified atom stereocenters. The molecule has 1 fully saturated rings. The van der Waals surface area contributed by atoms with Crippen molar-refractivity contribution in [1.29, 1.82) is 0 Å². The van der Waals surface area contributed by atoms with E-state index >= 15 is 0 Å². The van der Waals surface area contributed by atoms with Crippen molar-refractivity contribution in [3.8, 4) is 0 Å². The number of fused-ring (bicyclic) bond motifs is 3. The van der Waals surface area contributed by atoms with Gasteiger partial charge in [-0.2, -0.15) is 13.2 Å². The summed E-state index contributed by atoms with van der Waals surface area (Å²) in [6.07, 6.45) is -3.27. The van der Waals surface area contributed by atoms with Crippen LogP contribution >= 0.6 is 11.6 Å². The summed E-state index contributed by atoms with van der Waals surface area (Å²) < 4.78 is 50.6. The molecule has 0 aliphatic carbocycles. The molecule has 0 spiro atoms. The number of rotatable bonds is 3. The molecule has 4 rings (SSSR count). The van der Waals surface area contributed by atoms with Gasteiger partial charge in [-0.05, 0) is 55.7 Å². The van der Waals surface area contributed by atoms with E-state index in [0.29, 0.717) is 28.4 Å². The Balaban J connectivity index is 1.71. The van der Waals surface area contributed by atoms with E-state index in [1.165, 1.54) is 12.1 Å². The summed E-state index contributed by atoms with van der Waals surface area (Å²) in [5.74, 6) is -0.535. The number of benzene rings is 2. The van der Waals surface area contributed by atoms with Crippen molar-refractivity contribution in [3.63, 3.8) is 0 Å². The zero-order valence-corrected chi connectivity index (χ0v) is 17.0. The molecule has 2 heterocycles. The third-order valence-corrected chi connectivity index (χ3v) is 5.97. The first-order valence-electron chi connectivity index (χ1n) is 9.85. The summed E-state index contributed by atoms with van der Waals surface area (Å²) >= 11 is 6.51. The fourth-order valence-corrected chi connectivity index (χ4v) is 4.57. The van der Waals surface area contributed by atoms with Crippen LogP contribution in [0.25, 0.3) is 0 Å². The SMILES string of the molecule is CCOC(=O)c1ccc([C@H]2Nc3ccc(C(F)(F)F)cc3[C@@H]3OCCC[C@H]23)c(Cl)c1. The molecule has 0 amide bonds. The number of nitrogens with one attached hydrogen (secondary N) is 1. The van der Waals surface area contributed by atoms with Crippen LogP contribution in [0.3, 0.4) is 0 Å². The molecule has 1 saturated heterocycles. The Bertz CT molecular complexity index is 963. The summed E-state index contributed by atoms with van der Waals surface area (Å²) in [6, 6.07) is 8.43. The minimum absolute atomic E-state index is 0.0827. The zero-order chi connectivity index (χ0) is 21.5. The second-order valence-corrected chi connectivity index (χ2v) is 7.88. The fraction of sp³-hybridized carbons (Fsp3) is 0.409. The van der Waals surface area contributed by atoms with E-state index in [-0.39, 0.29) is 18.6 Å². The molecule has 0 saturated carbocycles. The van der Waals surface area contributed by atoms with Crippen molar-refractivity contribution in [1.82, 2.24) is 0 Å². The quantitative estimate of drug-likeness (QED) is 0.581. The summed E-state index contributed by atoms with van der Waals surface area (Å²) in [5, 5.41) is 3.76. The minimum atomic E-state index is -4.41. The highest BCUT2D eigenvalue weighted by Crippen LogP contribution is 2.51. The van der Waals surface area contributed by atoms with Gasteiger partial charge in [0.25, 0.3) is 0 Å². The molecular formula is C22H21ClF3NO3. The molecule has 2 aliphatic rings. The number of carbonyl (C=O) groups excluding carboxylic acids is 1. The molecule has 2 aromatic carbocycles. The molecular weight excluding hydrogens is 419 g/mol. The van der Waals surface area contributed by atoms with Crippen LogP contribution < -0.4 is 5.32 Å². The van der Waals surface area contributed by atoms with Crippen LogP contribution in [0.1, 0.15) is 59.0 Å². The van der Waals surface area contributed by atoms with Gasteiger partial charge in [-0.1, -0.05) is 17.7 Å². The van der Waals surface area contributed by atoms with Gasteiger partial charge in [0.2, 0.25) is 0 Å². The Kier molecular flexibility index (Phi) is 5.68. The third-order valence-electron chi connectivity index (χ3n) is 5.64. The molecule has 0 bridgehead atoms. The van der Waals surface area contributed by atoms with Crippen molar-refractivity contribution in [3.05, 3.63) is 63.7 Å². The maximum atomic E-state index is 13.2. The number of alkyl halides is 3. The van der Waals surface area contributed by atoms with Crippen molar-refractivity contribution >= 4 is 23.3 Å². The van der Waals surface area contributed by atoms with Gasteiger partial charge in [0.05, 0.1) is 29.9 Å². The highest BCUT2D eigenvalue weighted by molar-refractivity contribution is 6.31. The lowest BCUT2D eigenvalue weighted by Crippen LogP contribution is -2.36. The van der Waals surface area contributed by atoms with Crippen LogP contribution in [-0.2, 0) is 15.7 Å². The van der Waals surface area contributed by atoms with E-state index < -0.39 is 23.8 Å². The third kappa shape index (κ3) is 3.88. The molecule has 30 heavy (non-hydrogen) atoms. The van der Waals surface area contributed by atoms with Crippen LogP contribution in [0.5, 0.6) is 0 Å². The minimum Gasteiger partial charge on any atom is -0.462 e. The van der Waals surface area contributed by atoms with Crippen molar-refractivity contribution < 1.29 is 27.4 Å². The van der Waals surface area contributed by atoms with Crippen molar-refractivity contribution in [2.45, 2.75) is 38.1 Å². The van der Waals surface area contributed by atoms with Crippen LogP contribution in [-0.4, -0.2) is 19.2 Å². The standard InChI is InChI=1S/C22H21ClF3NO3/c1-2-29-21(28)12-5-7-14(17(23)10-12)19-15-4-3-9-30-20(15)16-11-13(22(24,25)26)6-8-18(16)27-19/h5-8,10-11,15,19-20,27H,2-4,9H2,1H3/t15-,19-,20-/m1/s1. The van der Waals surface area contributed by atoms with Gasteiger partial charge in [0.1, 0.15) is 0 Å². The molecule has 2 aliphatic heterocycles. The Hall–Kier alpha value is -2.25. The summed E-state index contributed by atoms with van der Waals surface area (Å²) in [6.45, 7) is 2.49. The number of hydrogen-bond acceptors (Lipinski definition) is 4. The van der Waals surface area contributed by atoms with E-state index in [0.717, 1.165) is 24.5 Å². The zero-order valence-electron chi connectivity index (χ0n) is 16.3. The maximum absolute atomic E-state index is 13.2. The van der Waals surface area contributed by atoms with Crippen LogP contribution in [0.4, 0.5) is 18.9 Å². The molecule has 1 N–H and O–H groups in total. The number of anilines is 1. The van der Waals surface area contributed by atoms with Crippen molar-refractivity contribution in [2.75, 3.05) is 18.5 Å². The molecule has 0 aromatic heterocycles. The van der Waals surface area contributed by atoms with E-state index in [1.54, 1.807) is 25.1 Å². The normalized spacial score (nSPS) is 23.2. The second kappa shape index (κ2) is 8.12. The van der Waals surface area contributed by atoms with E-state index in [2.05, 4.69) is 5.32 Å². The molecule has 4 nitrogen and oxygen atoms in total. The van der Waals surface area contributed by atoms with Gasteiger partial charge in [-0.3, -0.25) is 0 Å². The Labute approximate surface area is 177 Å². The summed E-state index contributed by atoms with van der Waals surface area (Å²) in [4.78, 5) is 12.0. The Morgan fingerprint density at radius 2 is 2.03 bits per heavy atom. The fourth-order valence-electron chi connectivity index (χ4n) is 4.28. The number of halogens is 4. The highest BCUT2D eigenvalue weighted by atomic mass is 35.5. The highest BCUT2D eigenvalue weighted by Gasteiger charge is 2.42. The first-order chi connectivity index (χ1) is 14.3. The summed E-state index contributed by atoms with van der Waals surface area (Å²) in [7, 11) is 0. The number of carbonyl (C=O) groups is 1. The summed E-state index contributed by atoms with van der Waals surface area (Å²) in [5.41, 5.74) is 1.56. The van der Waals surface area contributed by atoms with Crippen LogP contribution in [0, 0.1) is 5.92 Å². The lowest BCUT2D eigenvalue weighted by atomic mass is 9.77. The van der Waals surface area contributed by atoms with Gasteiger partial charge in [0, 0.05) is 28.8 Å². The predicted octanol–water partition coefficient (Wildman–Crippen LogP) is 6.17. The number of ether oxygens (including phenoxy) is 2. The smallest absolute Gasteiger partial charge is 0.416 e. The maximum Gasteiger partial charge on any atom is 0.416 e. The van der Waals surface area contributed by atoms with Gasteiger partial charge < -0.3 is 14.8 Å². The first-order valence-corrected chi connectivity index (χ1v) is 10.2. The lowest BCUT2D eigenvalue weighted by molar-refractivity contribution is -0.137. The molecule has 0 radical (unpaired) electrons. The molecule has 160 valence electrons. The Morgan fingerprint density at radius 3 is 2.73 bits per heavy atom. The first kappa shape index (κ1) is 21.0. The van der Waals surface area contributed by atoms with Crippen molar-refractivity contribution in [2.24, 2.45) is 5.92 Å². The second-order valence-electron chi connectivity index (χ2n) is 7.48. The van der Waals surface area contributed by atoms with E-state index in [1.807, 2.05) is 0 Å². The van der Waals surface area contributed by atoms with Gasteiger partial charge in [-0.15, -0.1) is 0 Å². The average molecular weight is 440 g/mol. The van der Waals surface area contributed by atoms with Gasteiger partial charge in [0.15, 0.2) is 0 Å². The molecule has 8 heteroatoms. The predicted molar refractivity (Wildman–Crippen MR) is 107 cm³/mol. The lowest BCUT2D eigenvalue weighted by Gasteiger charge is -2.43. The van der Waals surface area contributed by atoms with Gasteiger partial charge >= 0.3 is 12.1 Å². The number of hydrogen-bond donors (Lipinski definition) is 1. The number of esters is 1. The Morgan fingerprint density at radius 1 is 1.23 bits per heavy atom. The van der Waals surface area contributed by atoms with Crippen LogP contribution in [0.15, 0.2) is 36.4 Å².